The van der Waals surface area contributed by atoms with Crippen molar-refractivity contribution in [2.75, 3.05) is 12.0 Å². The Balaban J connectivity index is 2.11. The lowest BCUT2D eigenvalue weighted by Crippen LogP contribution is -2.32. The van der Waals surface area contributed by atoms with E-state index in [1.54, 1.807) is 18.2 Å². The molecule has 1 amide bonds. The van der Waals surface area contributed by atoms with Gasteiger partial charge < -0.3 is 10.1 Å². The Hall–Kier alpha value is -2.97. The van der Waals surface area contributed by atoms with Gasteiger partial charge in [-0.2, -0.15) is 4.99 Å². The Bertz CT molecular complexity index is 1020. The van der Waals surface area contributed by atoms with Crippen LogP contribution in [0, 0.1) is 13.8 Å². The maximum atomic E-state index is 12.9. The number of carbonyl (C=O) groups is 2. The molecule has 3 rings (SSSR count). The molecule has 1 aromatic heterocycles. The van der Waals surface area contributed by atoms with Crippen LogP contribution in [0.1, 0.15) is 11.4 Å². The van der Waals surface area contributed by atoms with Gasteiger partial charge in [0.15, 0.2) is 0 Å². The van der Waals surface area contributed by atoms with E-state index in [1.165, 1.54) is 18.1 Å². The van der Waals surface area contributed by atoms with E-state index in [1.807, 2.05) is 13.8 Å². The van der Waals surface area contributed by atoms with Crippen molar-refractivity contribution >= 4 is 52.7 Å². The number of hydrogen-bond donors (Lipinski definition) is 1. The molecule has 0 aliphatic carbocycles. The smallest absolute Gasteiger partial charge is 0.332 e. The number of nitrogens with zero attached hydrogens (tertiary/aromatic N) is 4. The highest BCUT2D eigenvalue weighted by Gasteiger charge is 2.34. The number of amides is 1. The number of nitrogens with one attached hydrogen (secondary N) is 1. The molecule has 1 fully saturated rings. The maximum Gasteiger partial charge on any atom is 0.332 e. The molecule has 28 heavy (non-hydrogen) atoms. The lowest BCUT2D eigenvalue weighted by Gasteiger charge is -2.15. The van der Waals surface area contributed by atoms with Crippen LogP contribution in [0.25, 0.3) is 0 Å². The predicted molar refractivity (Wildman–Crippen MR) is 106 cm³/mol. The molecular formula is C18H15Cl2N5O3. The van der Waals surface area contributed by atoms with Crippen molar-refractivity contribution in [1.29, 1.82) is 0 Å². The number of aliphatic imine (C=N–C) groups is 1. The SMILES string of the molecule is COC(=O)/C=C1/N/C(=N\c2nc(C)cc(C)n2)N(c2ccc(Cl)c(Cl)c2)C1=O. The third kappa shape index (κ3) is 4.13. The van der Waals surface area contributed by atoms with Gasteiger partial charge in [-0.1, -0.05) is 23.2 Å². The average molecular weight is 420 g/mol. The lowest BCUT2D eigenvalue weighted by molar-refractivity contribution is -0.135. The van der Waals surface area contributed by atoms with Gasteiger partial charge in [0.2, 0.25) is 5.96 Å². The molecule has 1 N–H and O–H groups in total. The highest BCUT2D eigenvalue weighted by molar-refractivity contribution is 6.42. The first-order valence-corrected chi connectivity index (χ1v) is 8.81. The highest BCUT2D eigenvalue weighted by atomic mass is 35.5. The number of hydrogen-bond acceptors (Lipinski definition) is 6. The Kier molecular flexibility index (Phi) is 5.62. The first-order valence-electron chi connectivity index (χ1n) is 8.05. The van der Waals surface area contributed by atoms with E-state index < -0.39 is 11.9 Å². The number of aromatic nitrogens is 2. The number of ether oxygens (including phenoxy) is 1. The molecule has 0 unspecified atom stereocenters. The van der Waals surface area contributed by atoms with Crippen molar-refractivity contribution in [1.82, 2.24) is 15.3 Å². The zero-order valence-electron chi connectivity index (χ0n) is 15.2. The van der Waals surface area contributed by atoms with Crippen molar-refractivity contribution in [2.24, 2.45) is 4.99 Å². The molecule has 1 aliphatic rings. The largest absolute Gasteiger partial charge is 0.466 e. The summed E-state index contributed by atoms with van der Waals surface area (Å²) in [6, 6.07) is 6.48. The third-order valence-electron chi connectivity index (χ3n) is 3.69. The number of benzene rings is 1. The summed E-state index contributed by atoms with van der Waals surface area (Å²) >= 11 is 12.1. The number of aryl methyl sites for hydroxylation is 2. The Morgan fingerprint density at radius 1 is 1.18 bits per heavy atom. The fraction of sp³-hybridized carbons (Fsp3) is 0.167. The van der Waals surface area contributed by atoms with E-state index >= 15 is 0 Å². The summed E-state index contributed by atoms with van der Waals surface area (Å²) in [6.45, 7) is 3.62. The molecule has 0 spiro atoms. The highest BCUT2D eigenvalue weighted by Crippen LogP contribution is 2.30. The average Bonchev–Trinajstić information content (AvgIpc) is 2.91. The molecule has 0 bridgehead atoms. The molecule has 1 aromatic carbocycles. The Morgan fingerprint density at radius 2 is 1.86 bits per heavy atom. The second-order valence-electron chi connectivity index (χ2n) is 5.83. The van der Waals surface area contributed by atoms with Crippen LogP contribution in [-0.2, 0) is 14.3 Å². The number of guanidine groups is 1. The molecule has 2 heterocycles. The first-order chi connectivity index (χ1) is 13.3. The number of anilines is 1. The lowest BCUT2D eigenvalue weighted by atomic mass is 10.3. The second kappa shape index (κ2) is 7.95. The van der Waals surface area contributed by atoms with Crippen LogP contribution in [-0.4, -0.2) is 34.9 Å². The van der Waals surface area contributed by atoms with Gasteiger partial charge in [0.05, 0.1) is 28.9 Å². The summed E-state index contributed by atoms with van der Waals surface area (Å²) in [7, 11) is 1.22. The summed E-state index contributed by atoms with van der Waals surface area (Å²) < 4.78 is 4.59. The van der Waals surface area contributed by atoms with Crippen molar-refractivity contribution in [2.45, 2.75) is 13.8 Å². The van der Waals surface area contributed by atoms with Gasteiger partial charge in [0.1, 0.15) is 5.70 Å². The standard InChI is InChI=1S/C18H15Cl2N5O3/c1-9-6-10(2)22-17(21-9)24-18-23-14(8-15(26)28-3)16(27)25(18)11-4-5-12(19)13(20)7-11/h4-8H,1-3H3,(H,21,22,23,24)/b14-8+. The number of methoxy groups -OCH3 is 1. The molecule has 1 aliphatic heterocycles. The molecule has 0 atom stereocenters. The predicted octanol–water partition coefficient (Wildman–Crippen LogP) is 3.08. The number of halogens is 2. The molecule has 10 heteroatoms. The molecule has 0 saturated carbocycles. The molecule has 1 saturated heterocycles. The van der Waals surface area contributed by atoms with Crippen LogP contribution in [0.15, 0.2) is 41.0 Å². The van der Waals surface area contributed by atoms with Crippen LogP contribution < -0.4 is 10.2 Å². The van der Waals surface area contributed by atoms with Crippen LogP contribution in [0.3, 0.4) is 0 Å². The van der Waals surface area contributed by atoms with Gasteiger partial charge in [0, 0.05) is 11.4 Å². The molecular weight excluding hydrogens is 405 g/mol. The summed E-state index contributed by atoms with van der Waals surface area (Å²) in [5, 5.41) is 3.41. The van der Waals surface area contributed by atoms with Crippen LogP contribution in [0.2, 0.25) is 10.0 Å². The molecule has 0 radical (unpaired) electrons. The van der Waals surface area contributed by atoms with E-state index in [0.29, 0.717) is 10.7 Å². The summed E-state index contributed by atoms with van der Waals surface area (Å²) in [4.78, 5) is 38.6. The number of carbonyl (C=O) groups excluding carboxylic acids is 2. The van der Waals surface area contributed by atoms with Gasteiger partial charge >= 0.3 is 5.97 Å². The van der Waals surface area contributed by atoms with Gasteiger partial charge in [0.25, 0.3) is 11.9 Å². The zero-order chi connectivity index (χ0) is 20.4. The minimum Gasteiger partial charge on any atom is -0.466 e. The van der Waals surface area contributed by atoms with E-state index in [2.05, 4.69) is 25.0 Å². The Labute approximate surface area is 170 Å². The molecule has 2 aromatic rings. The molecule has 144 valence electrons. The van der Waals surface area contributed by atoms with Gasteiger partial charge in [-0.3, -0.25) is 4.79 Å². The summed E-state index contributed by atoms with van der Waals surface area (Å²) in [5.74, 6) is -0.929. The van der Waals surface area contributed by atoms with Crippen molar-refractivity contribution in [3.05, 3.63) is 57.5 Å². The van der Waals surface area contributed by atoms with Crippen LogP contribution >= 0.6 is 23.2 Å². The second-order valence-corrected chi connectivity index (χ2v) is 6.65. The quantitative estimate of drug-likeness (QED) is 0.606. The third-order valence-corrected chi connectivity index (χ3v) is 4.43. The maximum absolute atomic E-state index is 12.9. The van der Waals surface area contributed by atoms with Crippen LogP contribution in [0.5, 0.6) is 0 Å². The first kappa shape index (κ1) is 19.8. The topological polar surface area (TPSA) is 96.8 Å². The van der Waals surface area contributed by atoms with Crippen molar-refractivity contribution in [3.63, 3.8) is 0 Å². The minimum absolute atomic E-state index is 0.0129. The van der Waals surface area contributed by atoms with E-state index in [0.717, 1.165) is 17.5 Å². The Morgan fingerprint density at radius 3 is 2.46 bits per heavy atom. The fourth-order valence-corrected chi connectivity index (χ4v) is 2.81. The van der Waals surface area contributed by atoms with Gasteiger partial charge in [-0.05, 0) is 38.1 Å². The fourth-order valence-electron chi connectivity index (χ4n) is 2.51. The minimum atomic E-state index is -0.686. The van der Waals surface area contributed by atoms with E-state index in [-0.39, 0.29) is 22.6 Å². The van der Waals surface area contributed by atoms with Crippen molar-refractivity contribution < 1.29 is 14.3 Å². The zero-order valence-corrected chi connectivity index (χ0v) is 16.7. The number of rotatable bonds is 3. The van der Waals surface area contributed by atoms with Gasteiger partial charge in [-0.15, -0.1) is 0 Å². The summed E-state index contributed by atoms with van der Waals surface area (Å²) in [5.41, 5.74) is 1.84. The van der Waals surface area contributed by atoms with Gasteiger partial charge in [-0.25, -0.2) is 19.7 Å². The monoisotopic (exact) mass is 419 g/mol. The normalized spacial score (nSPS) is 16.6. The van der Waals surface area contributed by atoms with E-state index in [9.17, 15) is 9.59 Å². The van der Waals surface area contributed by atoms with Crippen LogP contribution in [0.4, 0.5) is 11.6 Å². The summed E-state index contributed by atoms with van der Waals surface area (Å²) in [6.07, 6.45) is 1.04. The van der Waals surface area contributed by atoms with E-state index in [4.69, 9.17) is 23.2 Å². The van der Waals surface area contributed by atoms with Crippen molar-refractivity contribution in [3.8, 4) is 0 Å². The number of esters is 1. The molecule has 8 nitrogen and oxygen atoms in total.